The first kappa shape index (κ1) is 15.8. The maximum Gasteiger partial charge on any atom is 0.315 e. The van der Waals surface area contributed by atoms with Crippen LogP contribution in [-0.4, -0.2) is 23.7 Å². The Morgan fingerprint density at radius 3 is 2.81 bits per heavy atom. The number of nitrogens with one attached hydrogen (secondary N) is 2. The number of aliphatic hydroxyl groups excluding tert-OH is 1. The number of halogens is 1. The zero-order valence-corrected chi connectivity index (χ0v) is 12.5. The van der Waals surface area contributed by atoms with Crippen LogP contribution in [0.3, 0.4) is 0 Å². The van der Waals surface area contributed by atoms with E-state index in [4.69, 9.17) is 0 Å². The fourth-order valence-electron chi connectivity index (χ4n) is 2.85. The molecule has 2 rings (SSSR count). The minimum absolute atomic E-state index is 0.0140. The zero-order valence-electron chi connectivity index (χ0n) is 12.5. The molecule has 21 heavy (non-hydrogen) atoms. The van der Waals surface area contributed by atoms with Crippen LogP contribution in [0.15, 0.2) is 24.3 Å². The van der Waals surface area contributed by atoms with Gasteiger partial charge in [-0.15, -0.1) is 0 Å². The lowest BCUT2D eigenvalue weighted by Gasteiger charge is -2.28. The van der Waals surface area contributed by atoms with Gasteiger partial charge in [0, 0.05) is 18.2 Å². The summed E-state index contributed by atoms with van der Waals surface area (Å²) in [5.41, 5.74) is 0.292. The van der Waals surface area contributed by atoms with Crippen LogP contribution in [0.4, 0.5) is 9.18 Å². The molecule has 2 atom stereocenters. The van der Waals surface area contributed by atoms with Gasteiger partial charge in [-0.25, -0.2) is 9.18 Å². The maximum atomic E-state index is 13.5. The van der Waals surface area contributed by atoms with Crippen molar-refractivity contribution in [2.45, 2.75) is 45.3 Å². The number of carbonyl (C=O) groups excluding carboxylic acids is 1. The zero-order chi connectivity index (χ0) is 15.5. The molecule has 3 N–H and O–H groups in total. The molecule has 2 amide bonds. The number of benzene rings is 1. The first-order valence-corrected chi connectivity index (χ1v) is 7.37. The lowest BCUT2D eigenvalue weighted by atomic mass is 9.87. The Bertz CT molecular complexity index is 505. The summed E-state index contributed by atoms with van der Waals surface area (Å²) in [5, 5.41) is 15.5. The first-order chi connectivity index (χ1) is 9.90. The number of amides is 2. The van der Waals surface area contributed by atoms with Gasteiger partial charge in [-0.3, -0.25) is 0 Å². The van der Waals surface area contributed by atoms with Gasteiger partial charge in [0.2, 0.25) is 0 Å². The molecule has 1 aliphatic carbocycles. The van der Waals surface area contributed by atoms with Crippen LogP contribution in [0.5, 0.6) is 0 Å². The Balaban J connectivity index is 1.83. The van der Waals surface area contributed by atoms with Crippen LogP contribution in [0, 0.1) is 11.2 Å². The average Bonchev–Trinajstić information content (AvgIpc) is 2.76. The van der Waals surface area contributed by atoms with Crippen molar-refractivity contribution in [3.8, 4) is 0 Å². The monoisotopic (exact) mass is 294 g/mol. The van der Waals surface area contributed by atoms with E-state index >= 15 is 0 Å². The van der Waals surface area contributed by atoms with Gasteiger partial charge in [0.15, 0.2) is 0 Å². The molecule has 0 spiro atoms. The number of hydrogen-bond donors (Lipinski definition) is 3. The van der Waals surface area contributed by atoms with Crippen LogP contribution >= 0.6 is 0 Å². The molecule has 5 heteroatoms. The number of urea groups is 1. The van der Waals surface area contributed by atoms with Gasteiger partial charge in [-0.1, -0.05) is 38.5 Å². The Hall–Kier alpha value is -1.62. The normalized spacial score (nSPS) is 21.8. The molecule has 1 aromatic rings. The van der Waals surface area contributed by atoms with E-state index in [1.54, 1.807) is 12.1 Å². The van der Waals surface area contributed by atoms with Crippen molar-refractivity contribution in [3.05, 3.63) is 35.6 Å². The largest absolute Gasteiger partial charge is 0.386 e. The predicted octanol–water partition coefficient (Wildman–Crippen LogP) is 2.74. The first-order valence-electron chi connectivity index (χ1n) is 7.37. The highest BCUT2D eigenvalue weighted by atomic mass is 19.1. The second-order valence-corrected chi connectivity index (χ2v) is 6.33. The second-order valence-electron chi connectivity index (χ2n) is 6.33. The molecule has 4 nitrogen and oxygen atoms in total. The second kappa shape index (κ2) is 6.43. The van der Waals surface area contributed by atoms with Gasteiger partial charge in [0.05, 0.1) is 6.10 Å². The van der Waals surface area contributed by atoms with E-state index in [9.17, 15) is 14.3 Å². The minimum atomic E-state index is -1.05. The highest BCUT2D eigenvalue weighted by Gasteiger charge is 2.35. The summed E-state index contributed by atoms with van der Waals surface area (Å²) >= 11 is 0. The molecule has 1 aromatic carbocycles. The quantitative estimate of drug-likeness (QED) is 0.799. The van der Waals surface area contributed by atoms with Gasteiger partial charge in [0.25, 0.3) is 0 Å². The van der Waals surface area contributed by atoms with E-state index in [1.807, 2.05) is 0 Å². The van der Waals surface area contributed by atoms with Crippen molar-refractivity contribution in [1.29, 1.82) is 0 Å². The number of hydrogen-bond acceptors (Lipinski definition) is 2. The summed E-state index contributed by atoms with van der Waals surface area (Å²) < 4.78 is 13.5. The topological polar surface area (TPSA) is 61.4 Å². The molecule has 116 valence electrons. The smallest absolute Gasteiger partial charge is 0.315 e. The Labute approximate surface area is 124 Å². The standard InChI is InChI=1S/C16H23FN2O2/c1-16(2)9-5-8-14(16)19-15(21)18-10-13(20)11-6-3-4-7-12(11)17/h3-4,6-7,13-14,20H,5,8-10H2,1-2H3,(H2,18,19,21). The van der Waals surface area contributed by atoms with Gasteiger partial charge in [-0.05, 0) is 24.3 Å². The highest BCUT2D eigenvalue weighted by molar-refractivity contribution is 5.74. The molecular formula is C16H23FN2O2. The van der Waals surface area contributed by atoms with Crippen molar-refractivity contribution in [1.82, 2.24) is 10.6 Å². The third-order valence-corrected chi connectivity index (χ3v) is 4.28. The minimum Gasteiger partial charge on any atom is -0.386 e. The number of carbonyl (C=O) groups is 1. The number of rotatable bonds is 4. The van der Waals surface area contributed by atoms with E-state index in [1.165, 1.54) is 12.1 Å². The van der Waals surface area contributed by atoms with Gasteiger partial charge >= 0.3 is 6.03 Å². The Morgan fingerprint density at radius 2 is 2.19 bits per heavy atom. The lowest BCUT2D eigenvalue weighted by molar-refractivity contribution is 0.166. The molecule has 1 fully saturated rings. The fraction of sp³-hybridized carbons (Fsp3) is 0.562. The van der Waals surface area contributed by atoms with Crippen LogP contribution in [0.1, 0.15) is 44.8 Å². The van der Waals surface area contributed by atoms with Crippen LogP contribution in [0.25, 0.3) is 0 Å². The third-order valence-electron chi connectivity index (χ3n) is 4.28. The van der Waals surface area contributed by atoms with Crippen LogP contribution in [0.2, 0.25) is 0 Å². The SMILES string of the molecule is CC1(C)CCCC1NC(=O)NCC(O)c1ccccc1F. The summed E-state index contributed by atoms with van der Waals surface area (Å²) in [6, 6.07) is 5.85. The molecule has 0 bridgehead atoms. The van der Waals surface area contributed by atoms with E-state index in [0.717, 1.165) is 19.3 Å². The van der Waals surface area contributed by atoms with E-state index in [2.05, 4.69) is 24.5 Å². The molecule has 0 radical (unpaired) electrons. The van der Waals surface area contributed by atoms with E-state index < -0.39 is 11.9 Å². The molecule has 0 aromatic heterocycles. The van der Waals surface area contributed by atoms with Crippen molar-refractivity contribution in [2.75, 3.05) is 6.54 Å². The van der Waals surface area contributed by atoms with E-state index in [0.29, 0.717) is 0 Å². The fourth-order valence-corrected chi connectivity index (χ4v) is 2.85. The predicted molar refractivity (Wildman–Crippen MR) is 79.3 cm³/mol. The Kier molecular flexibility index (Phi) is 4.83. The molecule has 0 heterocycles. The molecule has 2 unspecified atom stereocenters. The highest BCUT2D eigenvalue weighted by Crippen LogP contribution is 2.37. The van der Waals surface area contributed by atoms with Gasteiger partial charge in [0.1, 0.15) is 5.82 Å². The number of aliphatic hydroxyl groups is 1. The van der Waals surface area contributed by atoms with E-state index in [-0.39, 0.29) is 29.6 Å². The summed E-state index contributed by atoms with van der Waals surface area (Å²) in [7, 11) is 0. The summed E-state index contributed by atoms with van der Waals surface area (Å²) in [6.45, 7) is 4.26. The van der Waals surface area contributed by atoms with Gasteiger partial charge < -0.3 is 15.7 Å². The summed E-state index contributed by atoms with van der Waals surface area (Å²) in [6.07, 6.45) is 2.12. The molecule has 1 aliphatic rings. The summed E-state index contributed by atoms with van der Waals surface area (Å²) in [5.74, 6) is -0.468. The molecule has 0 aliphatic heterocycles. The van der Waals surface area contributed by atoms with Crippen LogP contribution < -0.4 is 10.6 Å². The average molecular weight is 294 g/mol. The maximum absolute atomic E-state index is 13.5. The molecular weight excluding hydrogens is 271 g/mol. The molecule has 0 saturated heterocycles. The van der Waals surface area contributed by atoms with Crippen molar-refractivity contribution in [2.24, 2.45) is 5.41 Å². The lowest BCUT2D eigenvalue weighted by Crippen LogP contribution is -2.47. The van der Waals surface area contributed by atoms with Crippen molar-refractivity contribution in [3.63, 3.8) is 0 Å². The molecule has 1 saturated carbocycles. The Morgan fingerprint density at radius 1 is 1.48 bits per heavy atom. The van der Waals surface area contributed by atoms with Gasteiger partial charge in [-0.2, -0.15) is 0 Å². The van der Waals surface area contributed by atoms with Crippen molar-refractivity contribution < 1.29 is 14.3 Å². The third kappa shape index (κ3) is 3.94. The van der Waals surface area contributed by atoms with Crippen LogP contribution in [-0.2, 0) is 0 Å². The summed E-state index contributed by atoms with van der Waals surface area (Å²) in [4.78, 5) is 11.9. The van der Waals surface area contributed by atoms with Crippen molar-refractivity contribution >= 4 is 6.03 Å².